The Morgan fingerprint density at radius 2 is 1.81 bits per heavy atom. The van der Waals surface area contributed by atoms with Crippen LogP contribution in [0.4, 0.5) is 11.8 Å². The van der Waals surface area contributed by atoms with Crippen LogP contribution in [0.15, 0.2) is 82.6 Å². The number of benzene rings is 2. The van der Waals surface area contributed by atoms with Crippen molar-refractivity contribution in [3.63, 3.8) is 0 Å². The van der Waals surface area contributed by atoms with E-state index in [9.17, 15) is 14.9 Å². The summed E-state index contributed by atoms with van der Waals surface area (Å²) in [5, 5.41) is 13.1. The van der Waals surface area contributed by atoms with Gasteiger partial charge >= 0.3 is 0 Å². The molecule has 1 atom stereocenters. The van der Waals surface area contributed by atoms with E-state index in [0.29, 0.717) is 28.0 Å². The first kappa shape index (κ1) is 23.4. The Bertz CT molecular complexity index is 1800. The van der Waals surface area contributed by atoms with Crippen molar-refractivity contribution in [1.82, 2.24) is 24.1 Å². The summed E-state index contributed by atoms with van der Waals surface area (Å²) < 4.78 is 3.01. The van der Waals surface area contributed by atoms with Crippen LogP contribution in [0.3, 0.4) is 0 Å². The van der Waals surface area contributed by atoms with Crippen LogP contribution in [-0.4, -0.2) is 24.1 Å². The van der Waals surface area contributed by atoms with Crippen LogP contribution in [0.5, 0.6) is 0 Å². The lowest BCUT2D eigenvalue weighted by molar-refractivity contribution is 0.730. The maximum atomic E-state index is 14.2. The highest BCUT2D eigenvalue weighted by atomic mass is 16.1. The van der Waals surface area contributed by atoms with Crippen LogP contribution in [-0.2, 0) is 7.05 Å². The van der Waals surface area contributed by atoms with E-state index in [-0.39, 0.29) is 28.4 Å². The molecule has 0 fully saturated rings. The molecule has 0 radical (unpaired) electrons. The first-order chi connectivity index (χ1) is 17.9. The molecule has 0 aliphatic carbocycles. The molecule has 37 heavy (non-hydrogen) atoms. The molecule has 0 saturated carbocycles. The molecule has 3 heterocycles. The van der Waals surface area contributed by atoms with E-state index in [1.807, 2.05) is 55.5 Å². The number of fused-ring (bicyclic) bond motifs is 1. The third kappa shape index (κ3) is 4.30. The van der Waals surface area contributed by atoms with E-state index in [0.717, 1.165) is 5.56 Å². The number of pyridine rings is 1. The van der Waals surface area contributed by atoms with Gasteiger partial charge in [-0.2, -0.15) is 10.2 Å². The SMILES string of the molecule is C[C@@H](Nc1nc(N)ncc1C#N)c1nc2cccc(-c3ccc(=O)n(C)c3)c2c(=O)n1-c1ccccc1. The van der Waals surface area contributed by atoms with Gasteiger partial charge in [0.05, 0.1) is 28.8 Å². The van der Waals surface area contributed by atoms with Gasteiger partial charge in [0.15, 0.2) is 0 Å². The Morgan fingerprint density at radius 3 is 2.54 bits per heavy atom. The number of hydrogen-bond donors (Lipinski definition) is 2. The highest BCUT2D eigenvalue weighted by Crippen LogP contribution is 2.28. The number of para-hydroxylation sites is 1. The third-order valence-corrected chi connectivity index (χ3v) is 6.00. The Hall–Kier alpha value is -5.30. The van der Waals surface area contributed by atoms with E-state index in [1.54, 1.807) is 29.9 Å². The van der Waals surface area contributed by atoms with Gasteiger partial charge in [-0.05, 0) is 42.3 Å². The maximum absolute atomic E-state index is 14.2. The molecule has 10 nitrogen and oxygen atoms in total. The zero-order valence-electron chi connectivity index (χ0n) is 20.1. The monoisotopic (exact) mass is 490 g/mol. The van der Waals surface area contributed by atoms with Crippen LogP contribution in [0.2, 0.25) is 0 Å². The molecule has 0 amide bonds. The van der Waals surface area contributed by atoms with Crippen molar-refractivity contribution in [2.75, 3.05) is 11.1 Å². The van der Waals surface area contributed by atoms with Crippen molar-refractivity contribution >= 4 is 22.7 Å². The van der Waals surface area contributed by atoms with Crippen molar-refractivity contribution in [2.45, 2.75) is 13.0 Å². The summed E-state index contributed by atoms with van der Waals surface area (Å²) in [4.78, 5) is 39.0. The quantitative estimate of drug-likeness (QED) is 0.382. The number of aryl methyl sites for hydroxylation is 1. The minimum absolute atomic E-state index is 0.0162. The number of nitriles is 1. The fourth-order valence-corrected chi connectivity index (χ4v) is 4.22. The van der Waals surface area contributed by atoms with Crippen LogP contribution in [0.1, 0.15) is 24.4 Å². The number of nitrogens with one attached hydrogen (secondary N) is 1. The van der Waals surface area contributed by atoms with E-state index >= 15 is 0 Å². The zero-order chi connectivity index (χ0) is 26.1. The van der Waals surface area contributed by atoms with E-state index in [1.165, 1.54) is 16.8 Å². The number of hydrogen-bond acceptors (Lipinski definition) is 8. The number of nitrogen functional groups attached to an aromatic ring is 1. The molecular formula is C27H22N8O2. The highest BCUT2D eigenvalue weighted by Gasteiger charge is 2.21. The number of rotatable bonds is 5. The Morgan fingerprint density at radius 1 is 1.03 bits per heavy atom. The number of anilines is 2. The van der Waals surface area contributed by atoms with Gasteiger partial charge in [0.1, 0.15) is 23.3 Å². The van der Waals surface area contributed by atoms with Gasteiger partial charge in [0.2, 0.25) is 11.5 Å². The normalized spacial score (nSPS) is 11.7. The predicted molar refractivity (Wildman–Crippen MR) is 141 cm³/mol. The number of nitrogens with zero attached hydrogens (tertiary/aromatic N) is 6. The van der Waals surface area contributed by atoms with Gasteiger partial charge in [0, 0.05) is 19.3 Å². The average Bonchev–Trinajstić information content (AvgIpc) is 2.90. The van der Waals surface area contributed by atoms with Gasteiger partial charge in [-0.15, -0.1) is 0 Å². The lowest BCUT2D eigenvalue weighted by Gasteiger charge is -2.21. The Labute approximate surface area is 211 Å². The van der Waals surface area contributed by atoms with Crippen molar-refractivity contribution in [1.29, 1.82) is 5.26 Å². The molecule has 0 aliphatic heterocycles. The Kier molecular flexibility index (Phi) is 5.95. The van der Waals surface area contributed by atoms with Crippen molar-refractivity contribution in [3.8, 4) is 22.9 Å². The predicted octanol–water partition coefficient (Wildman–Crippen LogP) is 3.17. The third-order valence-electron chi connectivity index (χ3n) is 6.00. The van der Waals surface area contributed by atoms with Gasteiger partial charge in [-0.3, -0.25) is 14.2 Å². The standard InChI is InChI=1S/C27H22N8O2/c1-16(31-24-18(13-28)14-30-27(29)33-24)25-32-21-10-6-9-20(17-11-12-22(36)34(2)15-17)23(21)26(37)35(25)19-7-4-3-5-8-19/h3-12,14-16H,1-2H3,(H3,29,30,31,33)/t16-/m1/s1. The molecule has 0 aliphatic rings. The number of aromatic nitrogens is 5. The molecule has 0 saturated heterocycles. The van der Waals surface area contributed by atoms with E-state index in [4.69, 9.17) is 10.7 Å². The smallest absolute Gasteiger partial charge is 0.266 e. The second-order valence-corrected chi connectivity index (χ2v) is 8.48. The van der Waals surface area contributed by atoms with Crippen molar-refractivity contribution in [3.05, 3.63) is 105 Å². The van der Waals surface area contributed by atoms with Crippen LogP contribution >= 0.6 is 0 Å². The molecule has 0 spiro atoms. The highest BCUT2D eigenvalue weighted by molar-refractivity contribution is 5.94. The minimum atomic E-state index is -0.542. The molecule has 0 bridgehead atoms. The van der Waals surface area contributed by atoms with Crippen LogP contribution in [0.25, 0.3) is 27.7 Å². The summed E-state index contributed by atoms with van der Waals surface area (Å²) in [5.41, 5.74) is 8.05. The molecule has 5 aromatic rings. The molecule has 0 unspecified atom stereocenters. The lowest BCUT2D eigenvalue weighted by Crippen LogP contribution is -2.28. The summed E-state index contributed by atoms with van der Waals surface area (Å²) in [7, 11) is 1.66. The molecular weight excluding hydrogens is 468 g/mol. The summed E-state index contributed by atoms with van der Waals surface area (Å²) in [6.45, 7) is 1.82. The zero-order valence-corrected chi connectivity index (χ0v) is 20.1. The second kappa shape index (κ2) is 9.39. The second-order valence-electron chi connectivity index (χ2n) is 8.48. The Balaban J connectivity index is 1.76. The summed E-state index contributed by atoms with van der Waals surface area (Å²) in [5.74, 6) is 0.681. The molecule has 10 heteroatoms. The minimum Gasteiger partial charge on any atom is -0.368 e. The average molecular weight is 491 g/mol. The maximum Gasteiger partial charge on any atom is 0.266 e. The van der Waals surface area contributed by atoms with E-state index < -0.39 is 6.04 Å². The van der Waals surface area contributed by atoms with Gasteiger partial charge < -0.3 is 15.6 Å². The van der Waals surface area contributed by atoms with Crippen molar-refractivity contribution < 1.29 is 0 Å². The van der Waals surface area contributed by atoms with Gasteiger partial charge in [-0.1, -0.05) is 30.3 Å². The van der Waals surface area contributed by atoms with Gasteiger partial charge in [-0.25, -0.2) is 9.97 Å². The molecule has 3 N–H and O–H groups in total. The summed E-state index contributed by atoms with van der Waals surface area (Å²) in [6.07, 6.45) is 3.04. The first-order valence-electron chi connectivity index (χ1n) is 11.4. The molecule has 182 valence electrons. The molecule has 2 aromatic carbocycles. The van der Waals surface area contributed by atoms with Crippen LogP contribution < -0.4 is 22.2 Å². The van der Waals surface area contributed by atoms with Crippen molar-refractivity contribution in [2.24, 2.45) is 7.05 Å². The summed E-state index contributed by atoms with van der Waals surface area (Å²) in [6, 6.07) is 19.3. The summed E-state index contributed by atoms with van der Waals surface area (Å²) >= 11 is 0. The largest absolute Gasteiger partial charge is 0.368 e. The van der Waals surface area contributed by atoms with E-state index in [2.05, 4.69) is 15.3 Å². The number of nitrogens with two attached hydrogens (primary N) is 1. The van der Waals surface area contributed by atoms with Crippen LogP contribution in [0, 0.1) is 11.3 Å². The fraction of sp³-hybridized carbons (Fsp3) is 0.111. The fourth-order valence-electron chi connectivity index (χ4n) is 4.22. The molecule has 3 aromatic heterocycles. The lowest BCUT2D eigenvalue weighted by atomic mass is 10.0. The molecule has 5 rings (SSSR count). The van der Waals surface area contributed by atoms with Gasteiger partial charge in [0.25, 0.3) is 5.56 Å². The topological polar surface area (TPSA) is 145 Å². The first-order valence-corrected chi connectivity index (χ1v) is 11.4.